The number of benzene rings is 2. The third-order valence-electron chi connectivity index (χ3n) is 3.24. The molecule has 128 valence electrons. The normalized spacial score (nSPS) is 11.3. The molecule has 1 aromatic heterocycles. The number of thioether (sulfide) groups is 1. The molecule has 0 bridgehead atoms. The van der Waals surface area contributed by atoms with Crippen molar-refractivity contribution in [2.45, 2.75) is 10.4 Å². The number of aromatic nitrogens is 1. The summed E-state index contributed by atoms with van der Waals surface area (Å²) in [5, 5.41) is 6.08. The number of anilines is 2. The van der Waals surface area contributed by atoms with Gasteiger partial charge in [0, 0.05) is 22.2 Å². The predicted molar refractivity (Wildman–Crippen MR) is 92.7 cm³/mol. The molecule has 1 heterocycles. The predicted octanol–water partition coefficient (Wildman–Crippen LogP) is 5.49. The topological polar surface area (TPSA) is 54.0 Å². The molecule has 0 aliphatic carbocycles. The number of halogens is 3. The summed E-state index contributed by atoms with van der Waals surface area (Å²) < 4.78 is 36.9. The van der Waals surface area contributed by atoms with E-state index in [0.717, 1.165) is 10.9 Å². The lowest BCUT2D eigenvalue weighted by atomic mass is 10.2. The number of carbonyl (C=O) groups is 1. The summed E-state index contributed by atoms with van der Waals surface area (Å²) in [4.78, 5) is 16.4. The highest BCUT2D eigenvalue weighted by Crippen LogP contribution is 2.37. The molecular formula is C17H12F3N3OS. The molecule has 0 aliphatic heterocycles. The number of carbonyl (C=O) groups excluding carboxylic acids is 1. The minimum Gasteiger partial charge on any atom is -0.308 e. The Hall–Kier alpha value is -2.74. The van der Waals surface area contributed by atoms with Gasteiger partial charge < -0.3 is 10.6 Å². The number of pyridine rings is 1. The van der Waals surface area contributed by atoms with E-state index in [1.54, 1.807) is 12.3 Å². The molecule has 2 N–H and O–H groups in total. The molecule has 25 heavy (non-hydrogen) atoms. The minimum absolute atomic E-state index is 0.0542. The van der Waals surface area contributed by atoms with Crippen molar-refractivity contribution < 1.29 is 18.0 Å². The van der Waals surface area contributed by atoms with Gasteiger partial charge in [0.1, 0.15) is 0 Å². The molecule has 0 spiro atoms. The van der Waals surface area contributed by atoms with Gasteiger partial charge in [0.2, 0.25) is 0 Å². The first-order valence-corrected chi connectivity index (χ1v) is 8.00. The van der Waals surface area contributed by atoms with Crippen molar-refractivity contribution in [2.75, 3.05) is 10.6 Å². The Kier molecular flexibility index (Phi) is 4.80. The van der Waals surface area contributed by atoms with E-state index in [0.29, 0.717) is 11.4 Å². The fourth-order valence-electron chi connectivity index (χ4n) is 2.23. The van der Waals surface area contributed by atoms with Crippen molar-refractivity contribution in [1.29, 1.82) is 0 Å². The molecule has 3 rings (SSSR count). The zero-order valence-electron chi connectivity index (χ0n) is 12.7. The first-order valence-electron chi connectivity index (χ1n) is 7.18. The van der Waals surface area contributed by atoms with Crippen LogP contribution in [0.5, 0.6) is 0 Å². The van der Waals surface area contributed by atoms with Gasteiger partial charge in [-0.3, -0.25) is 4.98 Å². The van der Waals surface area contributed by atoms with Gasteiger partial charge in [-0.25, -0.2) is 4.79 Å². The molecule has 0 unspecified atom stereocenters. The number of alkyl halides is 3. The largest absolute Gasteiger partial charge is 0.446 e. The lowest BCUT2D eigenvalue weighted by Crippen LogP contribution is -2.19. The second kappa shape index (κ2) is 7.02. The second-order valence-corrected chi connectivity index (χ2v) is 6.17. The molecule has 0 radical (unpaired) electrons. The van der Waals surface area contributed by atoms with Crippen LogP contribution >= 0.6 is 11.8 Å². The third-order valence-corrected chi connectivity index (χ3v) is 3.98. The molecule has 3 aromatic rings. The highest BCUT2D eigenvalue weighted by Gasteiger charge is 2.29. The molecule has 0 saturated carbocycles. The number of amides is 2. The van der Waals surface area contributed by atoms with Crippen molar-refractivity contribution in [3.05, 3.63) is 60.8 Å². The van der Waals surface area contributed by atoms with E-state index < -0.39 is 11.5 Å². The summed E-state index contributed by atoms with van der Waals surface area (Å²) in [7, 11) is 0. The zero-order valence-corrected chi connectivity index (χ0v) is 13.5. The minimum atomic E-state index is -4.34. The van der Waals surface area contributed by atoms with Gasteiger partial charge >= 0.3 is 11.5 Å². The maximum Gasteiger partial charge on any atom is 0.446 e. The lowest BCUT2D eigenvalue weighted by molar-refractivity contribution is -0.0328. The first kappa shape index (κ1) is 17.1. The quantitative estimate of drug-likeness (QED) is 0.605. The van der Waals surface area contributed by atoms with Crippen LogP contribution in [0.4, 0.5) is 29.3 Å². The number of urea groups is 1. The Morgan fingerprint density at radius 2 is 1.68 bits per heavy atom. The van der Waals surface area contributed by atoms with Crippen molar-refractivity contribution in [3.63, 3.8) is 0 Å². The van der Waals surface area contributed by atoms with E-state index in [9.17, 15) is 18.0 Å². The van der Waals surface area contributed by atoms with Crippen LogP contribution < -0.4 is 10.6 Å². The van der Waals surface area contributed by atoms with E-state index in [4.69, 9.17) is 0 Å². The molecule has 0 aliphatic rings. The van der Waals surface area contributed by atoms with Crippen LogP contribution in [0.3, 0.4) is 0 Å². The van der Waals surface area contributed by atoms with Crippen LogP contribution in [0.2, 0.25) is 0 Å². The van der Waals surface area contributed by atoms with E-state index in [1.165, 1.54) is 24.3 Å². The summed E-state index contributed by atoms with van der Waals surface area (Å²) >= 11 is -0.203. The average Bonchev–Trinajstić information content (AvgIpc) is 2.56. The Bertz CT molecular complexity index is 892. The van der Waals surface area contributed by atoms with Crippen LogP contribution in [0.25, 0.3) is 10.9 Å². The molecule has 8 heteroatoms. The Morgan fingerprint density at radius 3 is 2.40 bits per heavy atom. The summed E-state index contributed by atoms with van der Waals surface area (Å²) in [5.41, 5.74) is -2.61. The Morgan fingerprint density at radius 1 is 0.960 bits per heavy atom. The van der Waals surface area contributed by atoms with Crippen LogP contribution in [0.1, 0.15) is 0 Å². The SMILES string of the molecule is O=C(Nc1ccc(SC(F)(F)F)cc1)Nc1ccnc2ccccc12. The number of fused-ring (bicyclic) bond motifs is 1. The van der Waals surface area contributed by atoms with Gasteiger partial charge in [-0.2, -0.15) is 13.2 Å². The highest BCUT2D eigenvalue weighted by molar-refractivity contribution is 8.00. The molecule has 2 amide bonds. The second-order valence-electron chi connectivity index (χ2n) is 5.03. The number of hydrogen-bond acceptors (Lipinski definition) is 3. The summed E-state index contributed by atoms with van der Waals surface area (Å²) in [6, 6.07) is 14.0. The average molecular weight is 363 g/mol. The summed E-state index contributed by atoms with van der Waals surface area (Å²) in [6.45, 7) is 0. The third kappa shape index (κ3) is 4.63. The molecule has 0 fully saturated rings. The highest BCUT2D eigenvalue weighted by atomic mass is 32.2. The summed E-state index contributed by atoms with van der Waals surface area (Å²) in [6.07, 6.45) is 1.58. The molecular weight excluding hydrogens is 351 g/mol. The number of nitrogens with one attached hydrogen (secondary N) is 2. The number of hydrogen-bond donors (Lipinski definition) is 2. The standard InChI is InChI=1S/C17H12F3N3OS/c18-17(19,20)25-12-7-5-11(6-8-12)22-16(24)23-15-9-10-21-14-4-2-1-3-13(14)15/h1-10H,(H2,21,22,23,24). The van der Waals surface area contributed by atoms with E-state index >= 15 is 0 Å². The van der Waals surface area contributed by atoms with E-state index in [1.807, 2.05) is 24.3 Å². The fraction of sp³-hybridized carbons (Fsp3) is 0.0588. The van der Waals surface area contributed by atoms with Crippen molar-refractivity contribution >= 4 is 40.1 Å². The van der Waals surface area contributed by atoms with Gasteiger partial charge in [-0.05, 0) is 48.2 Å². The fourth-order valence-corrected chi connectivity index (χ4v) is 2.77. The molecule has 0 saturated heterocycles. The van der Waals surface area contributed by atoms with E-state index in [2.05, 4.69) is 15.6 Å². The Labute approximate surface area is 145 Å². The lowest BCUT2D eigenvalue weighted by Gasteiger charge is -2.10. The number of rotatable bonds is 3. The van der Waals surface area contributed by atoms with Gasteiger partial charge in [-0.15, -0.1) is 0 Å². The van der Waals surface area contributed by atoms with Crippen LogP contribution in [0.15, 0.2) is 65.7 Å². The van der Waals surface area contributed by atoms with Crippen LogP contribution in [-0.2, 0) is 0 Å². The maximum absolute atomic E-state index is 12.3. The molecule has 2 aromatic carbocycles. The summed E-state index contributed by atoms with van der Waals surface area (Å²) in [5.74, 6) is 0. The van der Waals surface area contributed by atoms with Crippen LogP contribution in [-0.4, -0.2) is 16.5 Å². The van der Waals surface area contributed by atoms with Gasteiger partial charge in [-0.1, -0.05) is 18.2 Å². The smallest absolute Gasteiger partial charge is 0.308 e. The first-order chi connectivity index (χ1) is 11.9. The number of nitrogens with zero attached hydrogens (tertiary/aromatic N) is 1. The van der Waals surface area contributed by atoms with Crippen molar-refractivity contribution in [1.82, 2.24) is 4.98 Å². The number of para-hydroxylation sites is 1. The van der Waals surface area contributed by atoms with Gasteiger partial charge in [0.25, 0.3) is 0 Å². The monoisotopic (exact) mass is 363 g/mol. The maximum atomic E-state index is 12.3. The van der Waals surface area contributed by atoms with Gasteiger partial charge in [0.15, 0.2) is 0 Å². The molecule has 0 atom stereocenters. The molecule has 4 nitrogen and oxygen atoms in total. The zero-order chi connectivity index (χ0) is 17.9. The van der Waals surface area contributed by atoms with Crippen molar-refractivity contribution in [2.24, 2.45) is 0 Å². The van der Waals surface area contributed by atoms with E-state index in [-0.39, 0.29) is 16.7 Å². The van der Waals surface area contributed by atoms with Gasteiger partial charge in [0.05, 0.1) is 11.2 Å². The Balaban J connectivity index is 1.68. The van der Waals surface area contributed by atoms with Crippen LogP contribution in [0, 0.1) is 0 Å². The van der Waals surface area contributed by atoms with Crippen molar-refractivity contribution in [3.8, 4) is 0 Å².